The molecular weight excluding hydrogens is 322 g/mol. The van der Waals surface area contributed by atoms with Crippen molar-refractivity contribution >= 4 is 45.6 Å². The first kappa shape index (κ1) is 18.8. The fourth-order valence-electron chi connectivity index (χ4n) is 1.95. The maximum absolute atomic E-state index is 11.9. The summed E-state index contributed by atoms with van der Waals surface area (Å²) in [6.07, 6.45) is 0.00926. The standard InChI is InChI=1S/C15H21N3O2S.ClH/c1-9(2)15-18-12-5-4-10(6-13(12)21-15)17-14(19)7-11(8-16)20-3;/h4-6,9,11H,7-8,16H2,1-3H3,(H,17,19);1H. The molecule has 3 N–H and O–H groups in total. The first-order chi connectivity index (χ1) is 10.0. The third-order valence-corrected chi connectivity index (χ3v) is 4.51. The summed E-state index contributed by atoms with van der Waals surface area (Å²) in [4.78, 5) is 16.5. The number of nitrogens with two attached hydrogens (primary N) is 1. The first-order valence-electron chi connectivity index (χ1n) is 6.96. The van der Waals surface area contributed by atoms with Crippen molar-refractivity contribution in [2.75, 3.05) is 19.0 Å². The fraction of sp³-hybridized carbons (Fsp3) is 0.467. The Kier molecular flexibility index (Phi) is 7.22. The van der Waals surface area contributed by atoms with Gasteiger partial charge in [-0.3, -0.25) is 4.79 Å². The minimum atomic E-state index is -0.246. The minimum Gasteiger partial charge on any atom is -0.380 e. The van der Waals surface area contributed by atoms with E-state index in [-0.39, 0.29) is 30.8 Å². The predicted octanol–water partition coefficient (Wildman–Crippen LogP) is 3.14. The number of carbonyl (C=O) groups excluding carboxylic acids is 1. The smallest absolute Gasteiger partial charge is 0.227 e. The zero-order valence-corrected chi connectivity index (χ0v) is 14.6. The highest BCUT2D eigenvalue weighted by Crippen LogP contribution is 2.29. The number of nitrogens with one attached hydrogen (secondary N) is 1. The third-order valence-electron chi connectivity index (χ3n) is 3.19. The second kappa shape index (κ2) is 8.43. The van der Waals surface area contributed by atoms with E-state index in [4.69, 9.17) is 10.5 Å². The number of hydrogen-bond donors (Lipinski definition) is 2. The van der Waals surface area contributed by atoms with Gasteiger partial charge in [-0.1, -0.05) is 13.8 Å². The van der Waals surface area contributed by atoms with Gasteiger partial charge in [0.2, 0.25) is 5.91 Å². The van der Waals surface area contributed by atoms with Crippen LogP contribution in [0.4, 0.5) is 5.69 Å². The van der Waals surface area contributed by atoms with Gasteiger partial charge < -0.3 is 15.8 Å². The van der Waals surface area contributed by atoms with E-state index < -0.39 is 0 Å². The van der Waals surface area contributed by atoms with Gasteiger partial charge in [0.25, 0.3) is 0 Å². The van der Waals surface area contributed by atoms with Crippen molar-refractivity contribution in [3.8, 4) is 0 Å². The highest BCUT2D eigenvalue weighted by atomic mass is 35.5. The lowest BCUT2D eigenvalue weighted by atomic mass is 10.2. The molecule has 1 aromatic heterocycles. The molecule has 2 aromatic rings. The topological polar surface area (TPSA) is 77.2 Å². The second-order valence-corrected chi connectivity index (χ2v) is 6.30. The summed E-state index contributed by atoms with van der Waals surface area (Å²) < 4.78 is 6.20. The third kappa shape index (κ3) is 4.64. The lowest BCUT2D eigenvalue weighted by molar-refractivity contribution is -0.118. The maximum atomic E-state index is 11.9. The Morgan fingerprint density at radius 3 is 2.77 bits per heavy atom. The number of hydrogen-bond acceptors (Lipinski definition) is 5. The summed E-state index contributed by atoms with van der Waals surface area (Å²) in [6, 6.07) is 5.76. The average molecular weight is 344 g/mol. The van der Waals surface area contributed by atoms with E-state index in [1.165, 1.54) is 0 Å². The van der Waals surface area contributed by atoms with Gasteiger partial charge in [-0.2, -0.15) is 0 Å². The summed E-state index contributed by atoms with van der Waals surface area (Å²) in [7, 11) is 1.56. The van der Waals surface area contributed by atoms with Gasteiger partial charge in [0, 0.05) is 25.3 Å². The van der Waals surface area contributed by atoms with Crippen LogP contribution in [0.1, 0.15) is 31.2 Å². The van der Waals surface area contributed by atoms with Crippen molar-refractivity contribution in [3.63, 3.8) is 0 Å². The number of aromatic nitrogens is 1. The van der Waals surface area contributed by atoms with Crippen LogP contribution in [0.2, 0.25) is 0 Å². The van der Waals surface area contributed by atoms with Crippen molar-refractivity contribution in [2.24, 2.45) is 5.73 Å². The molecule has 1 heterocycles. The van der Waals surface area contributed by atoms with Gasteiger partial charge in [0.1, 0.15) is 0 Å². The number of ether oxygens (including phenoxy) is 1. The Hall–Kier alpha value is -1.21. The molecule has 1 unspecified atom stereocenters. The van der Waals surface area contributed by atoms with Gasteiger partial charge in [-0.15, -0.1) is 23.7 Å². The number of halogens is 1. The number of rotatable bonds is 6. The molecule has 1 atom stereocenters. The molecule has 122 valence electrons. The molecule has 22 heavy (non-hydrogen) atoms. The maximum Gasteiger partial charge on any atom is 0.227 e. The normalized spacial score (nSPS) is 12.2. The Morgan fingerprint density at radius 2 is 2.18 bits per heavy atom. The number of fused-ring (bicyclic) bond motifs is 1. The molecule has 0 aliphatic rings. The van der Waals surface area contributed by atoms with Crippen LogP contribution in [-0.4, -0.2) is 30.6 Å². The second-order valence-electron chi connectivity index (χ2n) is 5.24. The zero-order chi connectivity index (χ0) is 15.4. The van der Waals surface area contributed by atoms with Gasteiger partial charge >= 0.3 is 0 Å². The molecule has 1 amide bonds. The van der Waals surface area contributed by atoms with Crippen LogP contribution in [0.5, 0.6) is 0 Å². The first-order valence-corrected chi connectivity index (χ1v) is 7.78. The number of carbonyl (C=O) groups is 1. The van der Waals surface area contributed by atoms with Crippen LogP contribution >= 0.6 is 23.7 Å². The molecule has 1 aromatic carbocycles. The molecule has 0 fully saturated rings. The molecule has 0 aliphatic carbocycles. The SMILES string of the molecule is COC(CN)CC(=O)Nc1ccc2nc(C(C)C)sc2c1.Cl. The van der Waals surface area contributed by atoms with E-state index >= 15 is 0 Å². The summed E-state index contributed by atoms with van der Waals surface area (Å²) in [5.74, 6) is 0.313. The molecule has 0 aliphatic heterocycles. The predicted molar refractivity (Wildman–Crippen MR) is 94.1 cm³/mol. The van der Waals surface area contributed by atoms with Gasteiger partial charge in [-0.05, 0) is 18.2 Å². The van der Waals surface area contributed by atoms with E-state index in [2.05, 4.69) is 24.1 Å². The quantitative estimate of drug-likeness (QED) is 0.844. The average Bonchev–Trinajstić information content (AvgIpc) is 2.88. The number of anilines is 1. The zero-order valence-electron chi connectivity index (χ0n) is 13.0. The number of methoxy groups -OCH3 is 1. The molecule has 0 saturated carbocycles. The van der Waals surface area contributed by atoms with E-state index in [0.717, 1.165) is 20.9 Å². The van der Waals surface area contributed by atoms with Crippen LogP contribution in [0.3, 0.4) is 0 Å². The molecule has 0 saturated heterocycles. The summed E-state index contributed by atoms with van der Waals surface area (Å²) >= 11 is 1.66. The molecular formula is C15H22ClN3O2S. The Morgan fingerprint density at radius 1 is 1.45 bits per heavy atom. The molecule has 2 rings (SSSR count). The van der Waals surface area contributed by atoms with E-state index in [1.54, 1.807) is 18.4 Å². The van der Waals surface area contributed by atoms with Crippen LogP contribution in [0.25, 0.3) is 10.2 Å². The highest BCUT2D eigenvalue weighted by molar-refractivity contribution is 7.18. The van der Waals surface area contributed by atoms with Crippen molar-refractivity contribution in [2.45, 2.75) is 32.3 Å². The van der Waals surface area contributed by atoms with Crippen molar-refractivity contribution in [3.05, 3.63) is 23.2 Å². The molecule has 0 bridgehead atoms. The molecule has 5 nitrogen and oxygen atoms in total. The summed E-state index contributed by atoms with van der Waals surface area (Å²) in [5.41, 5.74) is 7.27. The lowest BCUT2D eigenvalue weighted by Crippen LogP contribution is -2.28. The summed E-state index contributed by atoms with van der Waals surface area (Å²) in [5, 5.41) is 3.98. The van der Waals surface area contributed by atoms with E-state index in [0.29, 0.717) is 12.5 Å². The van der Waals surface area contributed by atoms with Crippen LogP contribution in [-0.2, 0) is 9.53 Å². The highest BCUT2D eigenvalue weighted by Gasteiger charge is 2.13. The Labute approximate surface area is 140 Å². The molecule has 0 radical (unpaired) electrons. The Bertz CT molecular complexity index is 626. The fourth-order valence-corrected chi connectivity index (χ4v) is 2.96. The largest absolute Gasteiger partial charge is 0.380 e. The van der Waals surface area contributed by atoms with Gasteiger partial charge in [-0.25, -0.2) is 4.98 Å². The lowest BCUT2D eigenvalue weighted by Gasteiger charge is -2.12. The number of benzene rings is 1. The van der Waals surface area contributed by atoms with Gasteiger partial charge in [0.05, 0.1) is 27.7 Å². The van der Waals surface area contributed by atoms with E-state index in [1.807, 2.05) is 18.2 Å². The van der Waals surface area contributed by atoms with Crippen molar-refractivity contribution in [1.82, 2.24) is 4.98 Å². The molecule has 0 spiro atoms. The van der Waals surface area contributed by atoms with Crippen molar-refractivity contribution in [1.29, 1.82) is 0 Å². The molecule has 7 heteroatoms. The number of nitrogens with zero attached hydrogens (tertiary/aromatic N) is 1. The van der Waals surface area contributed by atoms with Crippen LogP contribution in [0.15, 0.2) is 18.2 Å². The van der Waals surface area contributed by atoms with E-state index in [9.17, 15) is 4.79 Å². The number of thiazole rings is 1. The Balaban J connectivity index is 0.00000242. The van der Waals surface area contributed by atoms with Gasteiger partial charge in [0.15, 0.2) is 0 Å². The van der Waals surface area contributed by atoms with Crippen LogP contribution in [0, 0.1) is 0 Å². The van der Waals surface area contributed by atoms with Crippen LogP contribution < -0.4 is 11.1 Å². The summed E-state index contributed by atoms with van der Waals surface area (Å²) in [6.45, 7) is 4.58. The number of amides is 1. The monoisotopic (exact) mass is 343 g/mol. The minimum absolute atomic E-state index is 0. The van der Waals surface area contributed by atoms with Crippen molar-refractivity contribution < 1.29 is 9.53 Å².